The number of fused-ring (bicyclic) bond motifs is 1. The van der Waals surface area contributed by atoms with Crippen LogP contribution in [0.15, 0.2) is 28.7 Å². The molecule has 0 bridgehead atoms. The molecule has 2 heteroatoms. The van der Waals surface area contributed by atoms with Gasteiger partial charge in [0.05, 0.1) is 0 Å². The fourth-order valence-corrected chi connectivity index (χ4v) is 3.62. The highest BCUT2D eigenvalue weighted by molar-refractivity contribution is 5.82. The summed E-state index contributed by atoms with van der Waals surface area (Å²) in [4.78, 5) is 0. The van der Waals surface area contributed by atoms with Crippen molar-refractivity contribution in [2.24, 2.45) is 5.41 Å². The normalized spacial score (nSPS) is 25.5. The summed E-state index contributed by atoms with van der Waals surface area (Å²) >= 11 is 0. The molecule has 0 aliphatic heterocycles. The van der Waals surface area contributed by atoms with E-state index in [1.165, 1.54) is 23.1 Å². The average Bonchev–Trinajstić information content (AvgIpc) is 2.75. The summed E-state index contributed by atoms with van der Waals surface area (Å²) in [6.45, 7) is 6.91. The highest BCUT2D eigenvalue weighted by Crippen LogP contribution is 2.54. The van der Waals surface area contributed by atoms with Crippen molar-refractivity contribution in [3.8, 4) is 0 Å². The minimum absolute atomic E-state index is 0.270. The molecule has 0 amide bonds. The summed E-state index contributed by atoms with van der Waals surface area (Å²) in [5, 5.41) is 4.72. The molecule has 1 aliphatic rings. The monoisotopic (exact) mass is 257 g/mol. The molecule has 102 valence electrons. The Hall–Kier alpha value is -1.28. The van der Waals surface area contributed by atoms with Gasteiger partial charge >= 0.3 is 0 Å². The lowest BCUT2D eigenvalue weighted by atomic mass is 9.57. The van der Waals surface area contributed by atoms with Crippen LogP contribution < -0.4 is 5.32 Å². The van der Waals surface area contributed by atoms with Crippen molar-refractivity contribution in [1.29, 1.82) is 0 Å². The zero-order valence-electron chi connectivity index (χ0n) is 12.3. The highest BCUT2D eigenvalue weighted by atomic mass is 16.3. The summed E-state index contributed by atoms with van der Waals surface area (Å²) in [5.74, 6) is 1.76. The van der Waals surface area contributed by atoms with Crippen molar-refractivity contribution in [3.05, 3.63) is 35.6 Å². The number of furan rings is 1. The van der Waals surface area contributed by atoms with Gasteiger partial charge in [-0.1, -0.05) is 39.0 Å². The summed E-state index contributed by atoms with van der Waals surface area (Å²) in [5.41, 5.74) is 2.72. The number of benzene rings is 1. The predicted octanol–water partition coefficient (Wildman–Crippen LogP) is 4.10. The van der Waals surface area contributed by atoms with Crippen molar-refractivity contribution < 1.29 is 4.42 Å². The summed E-state index contributed by atoms with van der Waals surface area (Å²) in [6, 6.07) is 9.01. The first kappa shape index (κ1) is 12.7. The maximum Gasteiger partial charge on any atom is 0.134 e. The van der Waals surface area contributed by atoms with Crippen LogP contribution in [0.2, 0.25) is 0 Å². The minimum atomic E-state index is 0.270. The van der Waals surface area contributed by atoms with Crippen LogP contribution in [-0.2, 0) is 6.42 Å². The van der Waals surface area contributed by atoms with Gasteiger partial charge in [-0.15, -0.1) is 0 Å². The van der Waals surface area contributed by atoms with Crippen molar-refractivity contribution in [3.63, 3.8) is 0 Å². The molecule has 1 fully saturated rings. The number of rotatable bonds is 3. The van der Waals surface area contributed by atoms with Gasteiger partial charge in [-0.3, -0.25) is 0 Å². The maximum atomic E-state index is 6.19. The van der Waals surface area contributed by atoms with E-state index in [0.717, 1.165) is 12.0 Å². The van der Waals surface area contributed by atoms with Gasteiger partial charge in [-0.25, -0.2) is 0 Å². The van der Waals surface area contributed by atoms with E-state index < -0.39 is 0 Å². The van der Waals surface area contributed by atoms with Crippen molar-refractivity contribution in [2.45, 2.75) is 45.6 Å². The Morgan fingerprint density at radius 2 is 2.05 bits per heavy atom. The highest BCUT2D eigenvalue weighted by Gasteiger charge is 2.50. The second-order valence-corrected chi connectivity index (χ2v) is 6.25. The van der Waals surface area contributed by atoms with Gasteiger partial charge in [-0.2, -0.15) is 0 Å². The molecule has 19 heavy (non-hydrogen) atoms. The lowest BCUT2D eigenvalue weighted by Gasteiger charge is -2.51. The van der Waals surface area contributed by atoms with Crippen molar-refractivity contribution in [1.82, 2.24) is 5.32 Å². The van der Waals surface area contributed by atoms with Crippen LogP contribution in [0.5, 0.6) is 0 Å². The van der Waals surface area contributed by atoms with Gasteiger partial charge in [0.15, 0.2) is 0 Å². The van der Waals surface area contributed by atoms with Crippen LogP contribution in [0.25, 0.3) is 11.0 Å². The summed E-state index contributed by atoms with van der Waals surface area (Å²) in [6.07, 6.45) is 2.22. The van der Waals surface area contributed by atoms with Crippen LogP contribution in [-0.4, -0.2) is 13.1 Å². The fourth-order valence-electron chi connectivity index (χ4n) is 3.62. The number of nitrogens with one attached hydrogen (secondary N) is 1. The van der Waals surface area contributed by atoms with Crippen molar-refractivity contribution >= 4 is 11.0 Å². The Morgan fingerprint density at radius 3 is 2.68 bits per heavy atom. The Balaban J connectivity index is 2.07. The van der Waals surface area contributed by atoms with E-state index in [1.807, 2.05) is 0 Å². The second kappa shape index (κ2) is 4.38. The van der Waals surface area contributed by atoms with Crippen LogP contribution >= 0.6 is 0 Å². The molecular weight excluding hydrogens is 234 g/mol. The second-order valence-electron chi connectivity index (χ2n) is 6.25. The topological polar surface area (TPSA) is 25.2 Å². The molecule has 0 spiro atoms. The van der Waals surface area contributed by atoms with E-state index in [0.29, 0.717) is 12.0 Å². The molecule has 1 aliphatic carbocycles. The molecule has 1 saturated carbocycles. The molecule has 2 atom stereocenters. The summed E-state index contributed by atoms with van der Waals surface area (Å²) in [7, 11) is 2.06. The first-order chi connectivity index (χ1) is 9.09. The molecular formula is C17H23NO. The number of para-hydroxylation sites is 1. The largest absolute Gasteiger partial charge is 0.460 e. The van der Waals surface area contributed by atoms with Gasteiger partial charge in [0.2, 0.25) is 0 Å². The van der Waals surface area contributed by atoms with Crippen LogP contribution in [0.3, 0.4) is 0 Å². The molecule has 2 nitrogen and oxygen atoms in total. The van der Waals surface area contributed by atoms with Gasteiger partial charge in [0, 0.05) is 22.9 Å². The average molecular weight is 257 g/mol. The lowest BCUT2D eigenvalue weighted by molar-refractivity contribution is 0.0613. The molecule has 1 aromatic heterocycles. The van der Waals surface area contributed by atoms with Gasteiger partial charge in [-0.05, 0) is 31.4 Å². The zero-order valence-corrected chi connectivity index (χ0v) is 12.3. The molecule has 0 saturated heterocycles. The molecule has 3 rings (SSSR count). The smallest absolute Gasteiger partial charge is 0.134 e. The molecule has 1 N–H and O–H groups in total. The SMILES string of the molecule is CCc1c(C2CC(NC)C2(C)C)oc2ccccc12. The number of hydrogen-bond donors (Lipinski definition) is 1. The van der Waals surface area contributed by atoms with Crippen LogP contribution in [0, 0.1) is 5.41 Å². The first-order valence-corrected chi connectivity index (χ1v) is 7.27. The Morgan fingerprint density at radius 1 is 1.32 bits per heavy atom. The van der Waals surface area contributed by atoms with E-state index in [-0.39, 0.29) is 5.41 Å². The third kappa shape index (κ3) is 1.73. The van der Waals surface area contributed by atoms with E-state index >= 15 is 0 Å². The van der Waals surface area contributed by atoms with Gasteiger partial charge < -0.3 is 9.73 Å². The standard InChI is InChI=1S/C17H23NO/c1-5-11-12-8-6-7-9-14(12)19-16(11)13-10-15(18-4)17(13,2)3/h6-9,13,15,18H,5,10H2,1-4H3. The lowest BCUT2D eigenvalue weighted by Crippen LogP contribution is -2.54. The van der Waals surface area contributed by atoms with E-state index in [4.69, 9.17) is 4.42 Å². The molecule has 1 heterocycles. The van der Waals surface area contributed by atoms with Gasteiger partial charge in [0.25, 0.3) is 0 Å². The molecule has 1 aromatic carbocycles. The third-order valence-electron chi connectivity index (χ3n) is 5.02. The number of hydrogen-bond acceptors (Lipinski definition) is 2. The Labute approximate surface area is 115 Å². The Bertz CT molecular complexity index is 596. The molecule has 0 radical (unpaired) electrons. The predicted molar refractivity (Wildman–Crippen MR) is 79.6 cm³/mol. The molecule has 2 aromatic rings. The fraction of sp³-hybridized carbons (Fsp3) is 0.529. The van der Waals surface area contributed by atoms with Crippen LogP contribution in [0.1, 0.15) is 44.4 Å². The maximum absolute atomic E-state index is 6.19. The van der Waals surface area contributed by atoms with E-state index in [9.17, 15) is 0 Å². The van der Waals surface area contributed by atoms with E-state index in [1.54, 1.807) is 0 Å². The van der Waals surface area contributed by atoms with Crippen LogP contribution in [0.4, 0.5) is 0 Å². The Kier molecular flexibility index (Phi) is 2.94. The minimum Gasteiger partial charge on any atom is -0.460 e. The van der Waals surface area contributed by atoms with Gasteiger partial charge in [0.1, 0.15) is 11.3 Å². The van der Waals surface area contributed by atoms with E-state index in [2.05, 4.69) is 57.4 Å². The number of aryl methyl sites for hydroxylation is 1. The quantitative estimate of drug-likeness (QED) is 0.895. The third-order valence-corrected chi connectivity index (χ3v) is 5.02. The zero-order chi connectivity index (χ0) is 13.6. The van der Waals surface area contributed by atoms with Crippen molar-refractivity contribution in [2.75, 3.05) is 7.05 Å². The first-order valence-electron chi connectivity index (χ1n) is 7.27. The summed E-state index contributed by atoms with van der Waals surface area (Å²) < 4.78 is 6.19. The molecule has 2 unspecified atom stereocenters.